The van der Waals surface area contributed by atoms with Gasteiger partial charge in [0.1, 0.15) is 12.1 Å². The van der Waals surface area contributed by atoms with Crippen molar-refractivity contribution in [2.24, 2.45) is 0 Å². The Morgan fingerprint density at radius 3 is 2.37 bits per heavy atom. The van der Waals surface area contributed by atoms with Gasteiger partial charge in [-0.25, -0.2) is 4.79 Å². The normalized spacial score (nSPS) is 18.9. The number of hydrogen-bond donors (Lipinski definition) is 3. The van der Waals surface area contributed by atoms with Gasteiger partial charge in [0.15, 0.2) is 0 Å². The van der Waals surface area contributed by atoms with Gasteiger partial charge in [0.2, 0.25) is 0 Å². The van der Waals surface area contributed by atoms with Gasteiger partial charge in [-0.05, 0) is 31.5 Å². The van der Waals surface area contributed by atoms with Crippen LogP contribution in [0.15, 0.2) is 48.5 Å². The van der Waals surface area contributed by atoms with E-state index in [1.165, 1.54) is 19.1 Å². The summed E-state index contributed by atoms with van der Waals surface area (Å²) < 4.78 is 39.0. The fraction of sp³-hybridized carbons (Fsp3) is 0.250. The molecule has 0 aromatic heterocycles. The summed E-state index contributed by atoms with van der Waals surface area (Å²) in [7, 11) is 0. The number of imide groups is 1. The molecule has 2 aromatic carbocycles. The van der Waals surface area contributed by atoms with E-state index in [2.05, 4.69) is 16.2 Å². The van der Waals surface area contributed by atoms with E-state index in [0.717, 1.165) is 17.7 Å². The van der Waals surface area contributed by atoms with E-state index in [1.54, 1.807) is 24.3 Å². The van der Waals surface area contributed by atoms with Crippen molar-refractivity contribution in [3.05, 3.63) is 65.2 Å². The van der Waals surface area contributed by atoms with Gasteiger partial charge in [-0.15, -0.1) is 0 Å². The third-order valence-electron chi connectivity index (χ3n) is 4.77. The maximum atomic E-state index is 13.0. The first-order valence-electron chi connectivity index (χ1n) is 8.95. The highest BCUT2D eigenvalue weighted by atomic mass is 19.4. The summed E-state index contributed by atoms with van der Waals surface area (Å²) >= 11 is 0. The largest absolute Gasteiger partial charge is 0.418 e. The van der Waals surface area contributed by atoms with Gasteiger partial charge in [0, 0.05) is 0 Å². The average molecular weight is 420 g/mol. The van der Waals surface area contributed by atoms with Crippen molar-refractivity contribution in [2.75, 3.05) is 12.0 Å². The number of carbonyl (C=O) groups excluding carboxylic acids is 3. The molecule has 1 aliphatic heterocycles. The van der Waals surface area contributed by atoms with E-state index < -0.39 is 41.7 Å². The number of carbonyl (C=O) groups is 3. The highest BCUT2D eigenvalue weighted by molar-refractivity contribution is 6.09. The molecule has 10 heteroatoms. The molecule has 0 aliphatic carbocycles. The van der Waals surface area contributed by atoms with Gasteiger partial charge < -0.3 is 5.32 Å². The zero-order valence-corrected chi connectivity index (χ0v) is 16.1. The maximum Gasteiger partial charge on any atom is 0.418 e. The molecule has 7 nitrogen and oxygen atoms in total. The molecular weight excluding hydrogens is 401 g/mol. The SMILES string of the molecule is Cc1ccc(C2(C)NC(=O)N(CC(=O)NNc3ccccc3C(F)(F)F)C2=O)cc1. The molecule has 0 radical (unpaired) electrons. The number of nitrogens with zero attached hydrogens (tertiary/aromatic N) is 1. The van der Waals surface area contributed by atoms with E-state index in [1.807, 2.05) is 6.92 Å². The van der Waals surface area contributed by atoms with Crippen LogP contribution in [-0.4, -0.2) is 29.3 Å². The maximum absolute atomic E-state index is 13.0. The third kappa shape index (κ3) is 4.07. The first-order valence-corrected chi connectivity index (χ1v) is 8.95. The fourth-order valence-electron chi connectivity index (χ4n) is 3.08. The zero-order chi connectivity index (χ0) is 22.1. The van der Waals surface area contributed by atoms with Crippen LogP contribution in [0, 0.1) is 6.92 Å². The summed E-state index contributed by atoms with van der Waals surface area (Å²) in [5.74, 6) is -1.49. The first kappa shape index (κ1) is 21.2. The number of hydrogen-bond acceptors (Lipinski definition) is 4. The van der Waals surface area contributed by atoms with E-state index in [9.17, 15) is 27.6 Å². The van der Waals surface area contributed by atoms with Crippen molar-refractivity contribution in [3.63, 3.8) is 0 Å². The molecule has 4 amide bonds. The van der Waals surface area contributed by atoms with Crippen LogP contribution in [0.25, 0.3) is 0 Å². The van der Waals surface area contributed by atoms with Crippen LogP contribution < -0.4 is 16.2 Å². The fourth-order valence-corrected chi connectivity index (χ4v) is 3.08. The minimum absolute atomic E-state index is 0.361. The highest BCUT2D eigenvalue weighted by Gasteiger charge is 2.49. The Labute approximate surface area is 170 Å². The zero-order valence-electron chi connectivity index (χ0n) is 16.1. The van der Waals surface area contributed by atoms with Gasteiger partial charge in [0.25, 0.3) is 11.8 Å². The Balaban J connectivity index is 1.68. The van der Waals surface area contributed by atoms with Crippen LogP contribution in [0.5, 0.6) is 0 Å². The van der Waals surface area contributed by atoms with E-state index in [-0.39, 0.29) is 5.69 Å². The molecule has 0 saturated carbocycles. The lowest BCUT2D eigenvalue weighted by Gasteiger charge is -2.22. The number of halogens is 3. The number of benzene rings is 2. The first-order chi connectivity index (χ1) is 14.0. The summed E-state index contributed by atoms with van der Waals surface area (Å²) in [5.41, 5.74) is 3.13. The Kier molecular flexibility index (Phi) is 5.43. The molecule has 0 bridgehead atoms. The van der Waals surface area contributed by atoms with Crippen LogP contribution in [0.1, 0.15) is 23.6 Å². The summed E-state index contributed by atoms with van der Waals surface area (Å²) in [4.78, 5) is 38.0. The average Bonchev–Trinajstić information content (AvgIpc) is 2.90. The number of rotatable bonds is 5. The van der Waals surface area contributed by atoms with Gasteiger partial charge in [0.05, 0.1) is 11.3 Å². The molecule has 1 atom stereocenters. The van der Waals surface area contributed by atoms with Gasteiger partial charge in [-0.2, -0.15) is 13.2 Å². The van der Waals surface area contributed by atoms with Gasteiger partial charge >= 0.3 is 12.2 Å². The van der Waals surface area contributed by atoms with Crippen LogP contribution in [0.3, 0.4) is 0 Å². The Hall–Kier alpha value is -3.56. The molecule has 1 fully saturated rings. The van der Waals surface area contributed by atoms with Crippen molar-refractivity contribution in [1.82, 2.24) is 15.6 Å². The Morgan fingerprint density at radius 2 is 1.73 bits per heavy atom. The number of para-hydroxylation sites is 1. The second kappa shape index (κ2) is 7.69. The van der Waals surface area contributed by atoms with Crippen LogP contribution in [-0.2, 0) is 21.3 Å². The summed E-state index contributed by atoms with van der Waals surface area (Å²) in [6.45, 7) is 2.74. The second-order valence-electron chi connectivity index (χ2n) is 7.03. The predicted octanol–water partition coefficient (Wildman–Crippen LogP) is 2.92. The number of anilines is 1. The predicted molar refractivity (Wildman–Crippen MR) is 102 cm³/mol. The van der Waals surface area contributed by atoms with Crippen molar-refractivity contribution in [3.8, 4) is 0 Å². The Morgan fingerprint density at radius 1 is 1.10 bits per heavy atom. The van der Waals surface area contributed by atoms with Crippen molar-refractivity contribution in [1.29, 1.82) is 0 Å². The topological polar surface area (TPSA) is 90.5 Å². The van der Waals surface area contributed by atoms with E-state index >= 15 is 0 Å². The monoisotopic (exact) mass is 420 g/mol. The standard InChI is InChI=1S/C20H19F3N4O3/c1-12-7-9-13(10-8-12)19(2)17(29)27(18(30)24-19)11-16(28)26-25-15-6-4-3-5-14(15)20(21,22)23/h3-10,25H,11H2,1-2H3,(H,24,30)(H,26,28). The quantitative estimate of drug-likeness (QED) is 0.513. The van der Waals surface area contributed by atoms with Crippen molar-refractivity contribution in [2.45, 2.75) is 25.6 Å². The molecular formula is C20H19F3N4O3. The minimum Gasteiger partial charge on any atom is -0.319 e. The van der Waals surface area contributed by atoms with Crippen molar-refractivity contribution >= 4 is 23.5 Å². The number of nitrogens with one attached hydrogen (secondary N) is 3. The number of alkyl halides is 3. The molecule has 1 heterocycles. The molecule has 3 N–H and O–H groups in total. The summed E-state index contributed by atoms with van der Waals surface area (Å²) in [5, 5.41) is 2.56. The summed E-state index contributed by atoms with van der Waals surface area (Å²) in [6.07, 6.45) is -4.62. The smallest absolute Gasteiger partial charge is 0.319 e. The molecule has 158 valence electrons. The molecule has 1 saturated heterocycles. The number of aryl methyl sites for hydroxylation is 1. The van der Waals surface area contributed by atoms with E-state index in [0.29, 0.717) is 10.5 Å². The van der Waals surface area contributed by atoms with Crippen molar-refractivity contribution < 1.29 is 27.6 Å². The lowest BCUT2D eigenvalue weighted by Crippen LogP contribution is -2.44. The molecule has 1 aliphatic rings. The Bertz CT molecular complexity index is 992. The third-order valence-corrected chi connectivity index (χ3v) is 4.77. The van der Waals surface area contributed by atoms with Gasteiger partial charge in [-0.1, -0.05) is 42.0 Å². The lowest BCUT2D eigenvalue weighted by molar-refractivity contribution is -0.137. The van der Waals surface area contributed by atoms with Crippen LogP contribution >= 0.6 is 0 Å². The van der Waals surface area contributed by atoms with E-state index in [4.69, 9.17) is 0 Å². The number of urea groups is 1. The number of amides is 4. The number of hydrazine groups is 1. The molecule has 3 rings (SSSR count). The highest BCUT2D eigenvalue weighted by Crippen LogP contribution is 2.34. The van der Waals surface area contributed by atoms with Crippen LogP contribution in [0.4, 0.5) is 23.7 Å². The molecule has 30 heavy (non-hydrogen) atoms. The second-order valence-corrected chi connectivity index (χ2v) is 7.03. The summed E-state index contributed by atoms with van der Waals surface area (Å²) in [6, 6.07) is 10.8. The molecule has 1 unspecified atom stereocenters. The minimum atomic E-state index is -4.62. The lowest BCUT2D eigenvalue weighted by atomic mass is 9.91. The van der Waals surface area contributed by atoms with Gasteiger partial charge in [-0.3, -0.25) is 25.3 Å². The molecule has 2 aromatic rings. The molecule has 0 spiro atoms. The van der Waals surface area contributed by atoms with Crippen LogP contribution in [0.2, 0.25) is 0 Å².